The van der Waals surface area contributed by atoms with Crippen LogP contribution in [-0.2, 0) is 25.7 Å². The molecule has 0 bridgehead atoms. The Kier molecular flexibility index (Phi) is 21.8. The standard InChI is InChI=1S/C2H6O3.Na.2H2O4S.H/c3-1-2-5-4;;2*1-5(2,3)4;/h3-4H,1-2H2;;2*(H2,1,2,3,4);. The summed E-state index contributed by atoms with van der Waals surface area (Å²) in [5.41, 5.74) is 0. The maximum atomic E-state index is 8.74. The van der Waals surface area contributed by atoms with Gasteiger partial charge in [0.1, 0.15) is 6.61 Å². The summed E-state index contributed by atoms with van der Waals surface area (Å²) in [4.78, 5) is 3.44. The van der Waals surface area contributed by atoms with Crippen molar-refractivity contribution in [3.8, 4) is 0 Å². The van der Waals surface area contributed by atoms with Gasteiger partial charge in [-0.15, -0.1) is 0 Å². The van der Waals surface area contributed by atoms with E-state index in [0.717, 1.165) is 0 Å². The molecule has 16 heavy (non-hydrogen) atoms. The Morgan fingerprint density at radius 3 is 1.06 bits per heavy atom. The van der Waals surface area contributed by atoms with Gasteiger partial charge in [0.2, 0.25) is 0 Å². The fourth-order valence-corrected chi connectivity index (χ4v) is 0.0408. The van der Waals surface area contributed by atoms with E-state index in [-0.39, 0.29) is 42.8 Å². The average Bonchev–Trinajstić information content (AvgIpc) is 1.80. The minimum atomic E-state index is -4.67. The fourth-order valence-electron chi connectivity index (χ4n) is 0.0408. The van der Waals surface area contributed by atoms with E-state index >= 15 is 0 Å². The molecule has 0 saturated heterocycles. The van der Waals surface area contributed by atoms with Gasteiger partial charge in [-0.25, -0.2) is 4.89 Å². The molecule has 0 aromatic carbocycles. The van der Waals surface area contributed by atoms with E-state index in [4.69, 9.17) is 45.4 Å². The molecule has 6 N–H and O–H groups in total. The summed E-state index contributed by atoms with van der Waals surface area (Å²) in [7, 11) is -9.33. The molecule has 0 fully saturated rings. The quantitative estimate of drug-likeness (QED) is 0.136. The van der Waals surface area contributed by atoms with Gasteiger partial charge in [0.05, 0.1) is 6.61 Å². The van der Waals surface area contributed by atoms with E-state index in [0.29, 0.717) is 0 Å². The zero-order valence-electron chi connectivity index (χ0n) is 6.96. The Bertz CT molecular complexity index is 255. The van der Waals surface area contributed by atoms with Crippen molar-refractivity contribution in [3.63, 3.8) is 0 Å². The van der Waals surface area contributed by atoms with Crippen molar-refractivity contribution in [1.29, 1.82) is 0 Å². The number of aliphatic hydroxyl groups is 1. The summed E-state index contributed by atoms with van der Waals surface area (Å²) in [6.45, 7) is -0.128. The Balaban J connectivity index is -0.0000000655. The monoisotopic (exact) mass is 298 g/mol. The molecule has 0 radical (unpaired) electrons. The summed E-state index contributed by atoms with van der Waals surface area (Å²) in [5.74, 6) is 0. The van der Waals surface area contributed by atoms with Crippen molar-refractivity contribution in [2.45, 2.75) is 0 Å². The molecular formula is C2H11NaO11S2. The molecule has 0 amide bonds. The first-order valence-electron chi connectivity index (χ1n) is 2.68. The first kappa shape index (κ1) is 25.5. The van der Waals surface area contributed by atoms with Crippen molar-refractivity contribution in [3.05, 3.63) is 0 Å². The van der Waals surface area contributed by atoms with Crippen molar-refractivity contribution in [2.75, 3.05) is 13.2 Å². The number of aliphatic hydroxyl groups excluding tert-OH is 1. The van der Waals surface area contributed by atoms with Crippen molar-refractivity contribution >= 4 is 50.4 Å². The Labute approximate surface area is 113 Å². The summed E-state index contributed by atoms with van der Waals surface area (Å²) in [5, 5.41) is 15.2. The Morgan fingerprint density at radius 1 is 0.875 bits per heavy atom. The van der Waals surface area contributed by atoms with Gasteiger partial charge in [-0.1, -0.05) is 0 Å². The molecule has 0 spiro atoms. The second kappa shape index (κ2) is 13.7. The third-order valence-electron chi connectivity index (χ3n) is 0.183. The van der Waals surface area contributed by atoms with Gasteiger partial charge in [0.15, 0.2) is 0 Å². The third-order valence-corrected chi connectivity index (χ3v) is 0.183. The molecule has 0 rings (SSSR count). The molecule has 0 aliphatic rings. The van der Waals surface area contributed by atoms with Crippen LogP contribution in [0, 0.1) is 0 Å². The van der Waals surface area contributed by atoms with Gasteiger partial charge in [0, 0.05) is 0 Å². The first-order chi connectivity index (χ1) is 6.41. The maximum absolute atomic E-state index is 8.74. The van der Waals surface area contributed by atoms with E-state index < -0.39 is 20.8 Å². The number of rotatable bonds is 2. The van der Waals surface area contributed by atoms with Crippen LogP contribution in [-0.4, -0.2) is 88.2 Å². The summed E-state index contributed by atoms with van der Waals surface area (Å²) in [6, 6.07) is 0. The molecule has 0 aliphatic carbocycles. The molecule has 14 heteroatoms. The second-order valence-electron chi connectivity index (χ2n) is 1.45. The zero-order valence-corrected chi connectivity index (χ0v) is 8.59. The molecular weight excluding hydrogens is 287 g/mol. The van der Waals surface area contributed by atoms with Crippen LogP contribution in [0.1, 0.15) is 0 Å². The van der Waals surface area contributed by atoms with Crippen LogP contribution in [0.2, 0.25) is 0 Å². The predicted molar refractivity (Wildman–Crippen MR) is 51.2 cm³/mol. The van der Waals surface area contributed by atoms with Crippen LogP contribution >= 0.6 is 0 Å². The van der Waals surface area contributed by atoms with Crippen LogP contribution in [0.4, 0.5) is 0 Å². The van der Waals surface area contributed by atoms with Crippen molar-refractivity contribution in [2.24, 2.45) is 0 Å². The second-order valence-corrected chi connectivity index (χ2v) is 3.24. The molecule has 0 aliphatic heterocycles. The van der Waals surface area contributed by atoms with Gasteiger partial charge in [-0.3, -0.25) is 23.5 Å². The van der Waals surface area contributed by atoms with Crippen LogP contribution in [0.5, 0.6) is 0 Å². The van der Waals surface area contributed by atoms with Gasteiger partial charge < -0.3 is 5.11 Å². The van der Waals surface area contributed by atoms with Gasteiger partial charge in [0.25, 0.3) is 0 Å². The van der Waals surface area contributed by atoms with Gasteiger partial charge >= 0.3 is 50.4 Å². The van der Waals surface area contributed by atoms with Crippen LogP contribution in [0.25, 0.3) is 0 Å². The van der Waals surface area contributed by atoms with Crippen LogP contribution < -0.4 is 0 Å². The van der Waals surface area contributed by atoms with Crippen LogP contribution in [0.15, 0.2) is 0 Å². The molecule has 11 nitrogen and oxygen atoms in total. The Hall–Kier alpha value is 0.620. The van der Waals surface area contributed by atoms with Gasteiger partial charge in [-0.2, -0.15) is 16.8 Å². The SMILES string of the molecule is O=S(=O)(O)O.O=S(=O)(O)O.OCCOO.[NaH]. The molecule has 0 saturated carbocycles. The van der Waals surface area contributed by atoms with Gasteiger partial charge in [-0.05, 0) is 0 Å². The third kappa shape index (κ3) is 395. The summed E-state index contributed by atoms with van der Waals surface area (Å²) in [6.07, 6.45) is 0. The van der Waals surface area contributed by atoms with E-state index in [1.54, 1.807) is 0 Å². The molecule has 98 valence electrons. The van der Waals surface area contributed by atoms with E-state index in [1.165, 1.54) is 0 Å². The molecule has 0 unspecified atom stereocenters. The van der Waals surface area contributed by atoms with Crippen LogP contribution in [0.3, 0.4) is 0 Å². The number of hydrogen-bond donors (Lipinski definition) is 6. The minimum absolute atomic E-state index is 0. The zero-order chi connectivity index (χ0) is 13.1. The molecule has 0 atom stereocenters. The average molecular weight is 298 g/mol. The molecule has 0 aromatic heterocycles. The summed E-state index contributed by atoms with van der Waals surface area (Å²) < 4.78 is 63.2. The van der Waals surface area contributed by atoms with Crippen molar-refractivity contribution < 1.29 is 50.3 Å². The number of hydrogen-bond acceptors (Lipinski definition) is 7. The molecule has 0 aromatic rings. The van der Waals surface area contributed by atoms with Crippen molar-refractivity contribution in [1.82, 2.24) is 0 Å². The topological polar surface area (TPSA) is 199 Å². The summed E-state index contributed by atoms with van der Waals surface area (Å²) >= 11 is 0. The first-order valence-corrected chi connectivity index (χ1v) is 5.48. The fraction of sp³-hybridized carbons (Fsp3) is 1.00. The van der Waals surface area contributed by atoms with E-state index in [1.807, 2.05) is 0 Å². The normalized spacial score (nSPS) is 9.88. The van der Waals surface area contributed by atoms with E-state index in [9.17, 15) is 0 Å². The molecule has 0 heterocycles. The predicted octanol–water partition coefficient (Wildman–Crippen LogP) is -2.49. The Morgan fingerprint density at radius 2 is 1.06 bits per heavy atom. The van der Waals surface area contributed by atoms with E-state index in [2.05, 4.69) is 4.89 Å².